The van der Waals surface area contributed by atoms with Gasteiger partial charge in [0.2, 0.25) is 11.7 Å². The molecule has 1 atom stereocenters. The van der Waals surface area contributed by atoms with Gasteiger partial charge in [-0.15, -0.1) is 10.2 Å². The first kappa shape index (κ1) is 12.5. The normalized spacial score (nSPS) is 40.0. The largest absolute Gasteiger partial charge is 0.417 e. The Hall–Kier alpha value is -1.23. The molecule has 20 heavy (non-hydrogen) atoms. The summed E-state index contributed by atoms with van der Waals surface area (Å²) in [6.45, 7) is 1.78. The second-order valence-electron chi connectivity index (χ2n) is 7.26. The van der Waals surface area contributed by atoms with Gasteiger partial charge >= 0.3 is 0 Å². The van der Waals surface area contributed by atoms with Gasteiger partial charge in [-0.2, -0.15) is 0 Å². The minimum absolute atomic E-state index is 0.0796. The highest BCUT2D eigenvalue weighted by Gasteiger charge is 2.55. The summed E-state index contributed by atoms with van der Waals surface area (Å²) in [5.41, 5.74) is 5.51. The summed E-state index contributed by atoms with van der Waals surface area (Å²) in [7, 11) is 0. The van der Waals surface area contributed by atoms with E-state index < -0.39 is 0 Å². The van der Waals surface area contributed by atoms with E-state index in [-0.39, 0.29) is 23.1 Å². The first-order chi connectivity index (χ1) is 9.56. The predicted molar refractivity (Wildman–Crippen MR) is 71.8 cm³/mol. The lowest BCUT2D eigenvalue weighted by atomic mass is 9.48. The number of aromatic nitrogens is 2. The third-order valence-electron chi connectivity index (χ3n) is 5.54. The molecule has 5 heteroatoms. The number of hydrogen-bond donors (Lipinski definition) is 1. The van der Waals surface area contributed by atoms with Gasteiger partial charge in [-0.05, 0) is 63.2 Å². The topological polar surface area (TPSA) is 82.0 Å². The monoisotopic (exact) mass is 275 g/mol. The average molecular weight is 275 g/mol. The molecule has 2 N–H and O–H groups in total. The van der Waals surface area contributed by atoms with Crippen molar-refractivity contribution in [2.45, 2.75) is 51.5 Å². The van der Waals surface area contributed by atoms with Crippen LogP contribution in [0.25, 0.3) is 0 Å². The van der Waals surface area contributed by atoms with Crippen LogP contribution in [-0.2, 0) is 0 Å². The van der Waals surface area contributed by atoms with Crippen molar-refractivity contribution < 1.29 is 9.21 Å². The molecule has 108 valence electrons. The third-order valence-corrected chi connectivity index (χ3v) is 5.54. The van der Waals surface area contributed by atoms with Crippen LogP contribution in [0.2, 0.25) is 0 Å². The van der Waals surface area contributed by atoms with Crippen molar-refractivity contribution in [2.24, 2.45) is 28.9 Å². The molecule has 1 heterocycles. The van der Waals surface area contributed by atoms with Crippen molar-refractivity contribution in [3.05, 3.63) is 11.8 Å². The van der Waals surface area contributed by atoms with Gasteiger partial charge in [0.1, 0.15) is 0 Å². The lowest BCUT2D eigenvalue weighted by Crippen LogP contribution is -2.50. The van der Waals surface area contributed by atoms with Crippen molar-refractivity contribution in [1.29, 1.82) is 0 Å². The van der Waals surface area contributed by atoms with Gasteiger partial charge in [0.25, 0.3) is 5.89 Å². The summed E-state index contributed by atoms with van der Waals surface area (Å²) in [6.07, 6.45) is 7.03. The summed E-state index contributed by atoms with van der Waals surface area (Å²) < 4.78 is 5.50. The fraction of sp³-hybridized carbons (Fsp3) is 0.800. The molecule has 4 aliphatic carbocycles. The van der Waals surface area contributed by atoms with Crippen molar-refractivity contribution in [3.8, 4) is 0 Å². The van der Waals surface area contributed by atoms with Crippen LogP contribution in [0.4, 0.5) is 0 Å². The number of carbonyl (C=O) groups is 1. The molecule has 1 unspecified atom stereocenters. The van der Waals surface area contributed by atoms with Crippen molar-refractivity contribution in [3.63, 3.8) is 0 Å². The zero-order valence-corrected chi connectivity index (χ0v) is 11.8. The van der Waals surface area contributed by atoms with Crippen LogP contribution in [0.1, 0.15) is 68.1 Å². The Labute approximate surface area is 118 Å². The molecule has 5 rings (SSSR count). The maximum atomic E-state index is 12.9. The Kier molecular flexibility index (Phi) is 2.58. The van der Waals surface area contributed by atoms with Crippen LogP contribution >= 0.6 is 0 Å². The molecule has 0 saturated heterocycles. The molecule has 4 aliphatic rings. The summed E-state index contributed by atoms with van der Waals surface area (Å²) >= 11 is 0. The van der Waals surface area contributed by atoms with Crippen molar-refractivity contribution >= 4 is 5.78 Å². The first-order valence-corrected chi connectivity index (χ1v) is 7.69. The molecule has 4 fully saturated rings. The van der Waals surface area contributed by atoms with Gasteiger partial charge in [0.05, 0.1) is 6.04 Å². The lowest BCUT2D eigenvalue weighted by molar-refractivity contribution is -0.0369. The number of hydrogen-bond acceptors (Lipinski definition) is 5. The number of ketones is 1. The van der Waals surface area contributed by atoms with Crippen LogP contribution < -0.4 is 5.73 Å². The minimum Gasteiger partial charge on any atom is -0.417 e. The Balaban J connectivity index is 1.64. The highest BCUT2D eigenvalue weighted by atomic mass is 16.4. The van der Waals surface area contributed by atoms with E-state index in [9.17, 15) is 4.79 Å². The third kappa shape index (κ3) is 1.75. The van der Waals surface area contributed by atoms with Crippen molar-refractivity contribution in [2.75, 3.05) is 0 Å². The first-order valence-electron chi connectivity index (χ1n) is 7.69. The van der Waals surface area contributed by atoms with Crippen LogP contribution in [0.5, 0.6) is 0 Å². The Bertz CT molecular complexity index is 514. The summed E-state index contributed by atoms with van der Waals surface area (Å²) in [5, 5.41) is 7.85. The molecule has 1 aromatic heterocycles. The van der Waals surface area contributed by atoms with Gasteiger partial charge in [0.15, 0.2) is 0 Å². The maximum absolute atomic E-state index is 12.9. The van der Waals surface area contributed by atoms with Crippen LogP contribution in [-0.4, -0.2) is 16.0 Å². The highest BCUT2D eigenvalue weighted by Crippen LogP contribution is 2.60. The predicted octanol–water partition coefficient (Wildman–Crippen LogP) is 2.49. The number of Topliss-reactive ketones (excluding diaryl/α,β-unsaturated/α-hetero) is 1. The SMILES string of the molecule is CC(N)c1nnc(C(=O)C23CC4CC(CC(C4)C2)C3)o1. The highest BCUT2D eigenvalue weighted by molar-refractivity contribution is 5.96. The summed E-state index contributed by atoms with van der Waals surface area (Å²) in [6, 6.07) is -0.319. The van der Waals surface area contributed by atoms with Gasteiger partial charge in [-0.3, -0.25) is 4.79 Å². The van der Waals surface area contributed by atoms with Crippen LogP contribution in [0, 0.1) is 23.2 Å². The molecule has 0 amide bonds. The van der Waals surface area contributed by atoms with E-state index in [1.807, 2.05) is 0 Å². The zero-order valence-electron chi connectivity index (χ0n) is 11.8. The van der Waals surface area contributed by atoms with Gasteiger partial charge < -0.3 is 10.2 Å². The summed E-state index contributed by atoms with van der Waals surface area (Å²) in [4.78, 5) is 12.9. The molecular formula is C15H21N3O2. The quantitative estimate of drug-likeness (QED) is 0.857. The van der Waals surface area contributed by atoms with E-state index in [4.69, 9.17) is 10.2 Å². The van der Waals surface area contributed by atoms with E-state index in [1.165, 1.54) is 19.3 Å². The smallest absolute Gasteiger partial charge is 0.284 e. The molecule has 4 bridgehead atoms. The Morgan fingerprint density at radius 2 is 1.75 bits per heavy atom. The number of carbonyl (C=O) groups excluding carboxylic acids is 1. The fourth-order valence-corrected chi connectivity index (χ4v) is 5.13. The lowest BCUT2D eigenvalue weighted by Gasteiger charge is -2.55. The van der Waals surface area contributed by atoms with E-state index in [1.54, 1.807) is 6.92 Å². The van der Waals surface area contributed by atoms with Gasteiger partial charge in [-0.25, -0.2) is 0 Å². The standard InChI is InChI=1S/C15H21N3O2/c1-8(16)13-17-18-14(20-13)12(19)15-5-9-2-10(6-15)4-11(3-9)7-15/h8-11H,2-7,16H2,1H3. The minimum atomic E-state index is -0.319. The number of rotatable bonds is 3. The molecule has 5 nitrogen and oxygen atoms in total. The van der Waals surface area contributed by atoms with Crippen LogP contribution in [0.3, 0.4) is 0 Å². The number of nitrogens with zero attached hydrogens (tertiary/aromatic N) is 2. The molecule has 0 spiro atoms. The van der Waals surface area contributed by atoms with Gasteiger partial charge in [0, 0.05) is 5.41 Å². The number of nitrogens with two attached hydrogens (primary N) is 1. The van der Waals surface area contributed by atoms with Crippen molar-refractivity contribution in [1.82, 2.24) is 10.2 Å². The van der Waals surface area contributed by atoms with Gasteiger partial charge in [-0.1, -0.05) is 0 Å². The van der Waals surface area contributed by atoms with E-state index in [0.717, 1.165) is 37.0 Å². The molecule has 4 saturated carbocycles. The molecular weight excluding hydrogens is 254 g/mol. The van der Waals surface area contributed by atoms with E-state index in [0.29, 0.717) is 5.89 Å². The maximum Gasteiger partial charge on any atom is 0.284 e. The molecule has 0 aromatic carbocycles. The molecule has 0 radical (unpaired) electrons. The zero-order chi connectivity index (χ0) is 13.9. The fourth-order valence-electron chi connectivity index (χ4n) is 5.13. The Morgan fingerprint density at radius 3 is 2.20 bits per heavy atom. The molecule has 1 aromatic rings. The second kappa shape index (κ2) is 4.13. The summed E-state index contributed by atoms with van der Waals surface area (Å²) in [5.74, 6) is 2.83. The Morgan fingerprint density at radius 1 is 1.20 bits per heavy atom. The van der Waals surface area contributed by atoms with Crippen LogP contribution in [0.15, 0.2) is 4.42 Å². The van der Waals surface area contributed by atoms with E-state index in [2.05, 4.69) is 10.2 Å². The average Bonchev–Trinajstić information content (AvgIpc) is 2.85. The molecule has 0 aliphatic heterocycles. The van der Waals surface area contributed by atoms with E-state index >= 15 is 0 Å². The second-order valence-corrected chi connectivity index (χ2v) is 7.26.